The van der Waals surface area contributed by atoms with Crippen LogP contribution in [-0.2, 0) is 0 Å². The van der Waals surface area contributed by atoms with E-state index < -0.39 is 0 Å². The fraction of sp³-hybridized carbons (Fsp3) is 0.185. The van der Waals surface area contributed by atoms with Crippen molar-refractivity contribution in [1.82, 2.24) is 14.9 Å². The molecule has 172 valence electrons. The van der Waals surface area contributed by atoms with E-state index in [1.807, 2.05) is 73.8 Å². The van der Waals surface area contributed by atoms with Crippen molar-refractivity contribution in [2.45, 2.75) is 19.0 Å². The standard InChI is InChI=1S/C27H26N4O2S/c1-3-33-20-15-13-19(14-16-20)31-26(25(29-27(31)34)21-9-6-7-17-28-21)23-11-8-18-30(23)22-10-4-5-12-24(22)32-2/h4-18,25-26H,3H2,1-2H3,(H,29,34). The van der Waals surface area contributed by atoms with Gasteiger partial charge in [0.1, 0.15) is 17.5 Å². The van der Waals surface area contributed by atoms with E-state index in [0.29, 0.717) is 11.7 Å². The number of benzene rings is 2. The Labute approximate surface area is 204 Å². The van der Waals surface area contributed by atoms with Gasteiger partial charge in [0.25, 0.3) is 0 Å². The Hall–Kier alpha value is -3.84. The zero-order valence-electron chi connectivity index (χ0n) is 19.1. The van der Waals surface area contributed by atoms with Crippen LogP contribution >= 0.6 is 12.2 Å². The van der Waals surface area contributed by atoms with Crippen molar-refractivity contribution in [3.8, 4) is 17.2 Å². The first-order chi connectivity index (χ1) is 16.7. The van der Waals surface area contributed by atoms with Crippen LogP contribution in [0.2, 0.25) is 0 Å². The summed E-state index contributed by atoms with van der Waals surface area (Å²) in [5.41, 5.74) is 3.95. The topological polar surface area (TPSA) is 51.5 Å². The number of hydrogen-bond donors (Lipinski definition) is 1. The van der Waals surface area contributed by atoms with E-state index in [1.165, 1.54) is 0 Å². The fourth-order valence-electron chi connectivity index (χ4n) is 4.49. The highest BCUT2D eigenvalue weighted by atomic mass is 32.1. The van der Waals surface area contributed by atoms with Crippen LogP contribution in [0.15, 0.2) is 91.3 Å². The molecule has 0 spiro atoms. The molecule has 0 saturated carbocycles. The third-order valence-corrected chi connectivity index (χ3v) is 6.27. The number of thiocarbonyl (C=S) groups is 1. The molecule has 34 heavy (non-hydrogen) atoms. The lowest BCUT2D eigenvalue weighted by Gasteiger charge is -2.29. The van der Waals surface area contributed by atoms with Gasteiger partial charge in [0.2, 0.25) is 0 Å². The number of nitrogens with zero attached hydrogens (tertiary/aromatic N) is 3. The molecule has 3 heterocycles. The van der Waals surface area contributed by atoms with Crippen molar-refractivity contribution in [2.75, 3.05) is 18.6 Å². The second kappa shape index (κ2) is 9.57. The van der Waals surface area contributed by atoms with Crippen molar-refractivity contribution in [3.05, 3.63) is 103 Å². The van der Waals surface area contributed by atoms with E-state index in [0.717, 1.165) is 34.3 Å². The lowest BCUT2D eigenvalue weighted by molar-refractivity contribution is 0.340. The first kappa shape index (κ1) is 22.0. The largest absolute Gasteiger partial charge is 0.495 e. The van der Waals surface area contributed by atoms with Crippen LogP contribution in [0, 0.1) is 0 Å². The normalized spacial score (nSPS) is 17.5. The number of aromatic nitrogens is 2. The lowest BCUT2D eigenvalue weighted by atomic mass is 10.0. The van der Waals surface area contributed by atoms with Gasteiger partial charge in [-0.25, -0.2) is 0 Å². The summed E-state index contributed by atoms with van der Waals surface area (Å²) in [6, 6.07) is 25.9. The molecule has 0 amide bonds. The summed E-state index contributed by atoms with van der Waals surface area (Å²) in [7, 11) is 1.69. The van der Waals surface area contributed by atoms with Crippen molar-refractivity contribution < 1.29 is 9.47 Å². The summed E-state index contributed by atoms with van der Waals surface area (Å²) in [6.07, 6.45) is 3.87. The molecular formula is C27H26N4O2S. The van der Waals surface area contributed by atoms with Gasteiger partial charge in [-0.15, -0.1) is 0 Å². The molecule has 2 aromatic heterocycles. The van der Waals surface area contributed by atoms with E-state index in [2.05, 4.69) is 44.2 Å². The Morgan fingerprint density at radius 1 is 0.971 bits per heavy atom. The predicted molar refractivity (Wildman–Crippen MR) is 138 cm³/mol. The van der Waals surface area contributed by atoms with Gasteiger partial charge in [-0.1, -0.05) is 18.2 Å². The van der Waals surface area contributed by atoms with Gasteiger partial charge in [-0.3, -0.25) is 4.98 Å². The molecule has 2 aromatic carbocycles. The number of para-hydroxylation sites is 2. The van der Waals surface area contributed by atoms with Gasteiger partial charge >= 0.3 is 0 Å². The smallest absolute Gasteiger partial charge is 0.174 e. The molecule has 4 aromatic rings. The molecule has 1 aliphatic heterocycles. The maximum Gasteiger partial charge on any atom is 0.174 e. The highest BCUT2D eigenvalue weighted by Crippen LogP contribution is 2.43. The predicted octanol–water partition coefficient (Wildman–Crippen LogP) is 5.46. The maximum atomic E-state index is 5.87. The SMILES string of the molecule is CCOc1ccc(N2C(=S)NC(c3ccccn3)C2c2cccn2-c2ccccc2OC)cc1. The summed E-state index contributed by atoms with van der Waals surface area (Å²) in [5.74, 6) is 1.63. The van der Waals surface area contributed by atoms with Gasteiger partial charge < -0.3 is 24.3 Å². The van der Waals surface area contributed by atoms with Crippen LogP contribution in [0.5, 0.6) is 11.5 Å². The minimum absolute atomic E-state index is 0.136. The fourth-order valence-corrected chi connectivity index (χ4v) is 4.83. The molecule has 1 saturated heterocycles. The van der Waals surface area contributed by atoms with E-state index in [1.54, 1.807) is 7.11 Å². The Morgan fingerprint density at radius 2 is 1.76 bits per heavy atom. The third kappa shape index (κ3) is 3.99. The molecule has 2 unspecified atom stereocenters. The van der Waals surface area contributed by atoms with E-state index in [9.17, 15) is 0 Å². The highest BCUT2D eigenvalue weighted by Gasteiger charge is 2.42. The second-order valence-corrected chi connectivity index (χ2v) is 8.29. The molecule has 1 N–H and O–H groups in total. The molecule has 1 fully saturated rings. The van der Waals surface area contributed by atoms with Crippen molar-refractivity contribution in [2.24, 2.45) is 0 Å². The molecule has 6 nitrogen and oxygen atoms in total. The van der Waals surface area contributed by atoms with E-state index in [4.69, 9.17) is 21.7 Å². The number of hydrogen-bond acceptors (Lipinski definition) is 4. The van der Waals surface area contributed by atoms with E-state index >= 15 is 0 Å². The first-order valence-electron chi connectivity index (χ1n) is 11.3. The van der Waals surface area contributed by atoms with Gasteiger partial charge in [-0.2, -0.15) is 0 Å². The number of nitrogens with one attached hydrogen (secondary N) is 1. The third-order valence-electron chi connectivity index (χ3n) is 5.95. The van der Waals surface area contributed by atoms with Gasteiger partial charge in [0.15, 0.2) is 5.11 Å². The summed E-state index contributed by atoms with van der Waals surface area (Å²) < 4.78 is 13.5. The van der Waals surface area contributed by atoms with Gasteiger partial charge in [0, 0.05) is 23.8 Å². The van der Waals surface area contributed by atoms with Gasteiger partial charge in [0.05, 0.1) is 31.1 Å². The minimum atomic E-state index is -0.139. The molecule has 2 atom stereocenters. The van der Waals surface area contributed by atoms with Crippen molar-refractivity contribution in [3.63, 3.8) is 0 Å². The number of ether oxygens (including phenoxy) is 2. The summed E-state index contributed by atoms with van der Waals surface area (Å²) >= 11 is 5.87. The molecule has 5 rings (SSSR count). The molecule has 0 bridgehead atoms. The number of anilines is 1. The molecular weight excluding hydrogens is 444 g/mol. The Kier molecular flexibility index (Phi) is 6.18. The van der Waals surface area contributed by atoms with Gasteiger partial charge in [-0.05, 0) is 79.8 Å². The van der Waals surface area contributed by atoms with Crippen LogP contribution in [-0.4, -0.2) is 28.4 Å². The van der Waals surface area contributed by atoms with Crippen LogP contribution in [0.25, 0.3) is 5.69 Å². The van der Waals surface area contributed by atoms with Crippen LogP contribution < -0.4 is 19.7 Å². The summed E-state index contributed by atoms with van der Waals surface area (Å²) in [4.78, 5) is 6.81. The first-order valence-corrected chi connectivity index (χ1v) is 11.7. The quantitative estimate of drug-likeness (QED) is 0.362. The average Bonchev–Trinajstić information content (AvgIpc) is 3.49. The maximum absolute atomic E-state index is 5.87. The number of pyridine rings is 1. The zero-order chi connectivity index (χ0) is 23.5. The highest BCUT2D eigenvalue weighted by molar-refractivity contribution is 7.80. The Morgan fingerprint density at radius 3 is 2.50 bits per heavy atom. The number of methoxy groups -OCH3 is 1. The molecule has 1 aliphatic rings. The molecule has 0 radical (unpaired) electrons. The summed E-state index contributed by atoms with van der Waals surface area (Å²) in [6.45, 7) is 2.60. The molecule has 7 heteroatoms. The van der Waals surface area contributed by atoms with Crippen molar-refractivity contribution >= 4 is 23.0 Å². The Balaban J connectivity index is 1.64. The lowest BCUT2D eigenvalue weighted by Crippen LogP contribution is -2.30. The summed E-state index contributed by atoms with van der Waals surface area (Å²) in [5, 5.41) is 4.17. The van der Waals surface area contributed by atoms with Crippen molar-refractivity contribution in [1.29, 1.82) is 0 Å². The minimum Gasteiger partial charge on any atom is -0.495 e. The van der Waals surface area contributed by atoms with Crippen LogP contribution in [0.4, 0.5) is 5.69 Å². The average molecular weight is 471 g/mol. The van der Waals surface area contributed by atoms with E-state index in [-0.39, 0.29) is 12.1 Å². The molecule has 0 aliphatic carbocycles. The monoisotopic (exact) mass is 470 g/mol. The Bertz CT molecular complexity index is 1270. The van der Waals surface area contributed by atoms with Crippen LogP contribution in [0.1, 0.15) is 30.4 Å². The number of rotatable bonds is 7. The van der Waals surface area contributed by atoms with Crippen LogP contribution in [0.3, 0.4) is 0 Å². The second-order valence-electron chi connectivity index (χ2n) is 7.90. The zero-order valence-corrected chi connectivity index (χ0v) is 19.9.